The molecular formula is C16H16INO2. The van der Waals surface area contributed by atoms with E-state index in [9.17, 15) is 0 Å². The van der Waals surface area contributed by atoms with E-state index in [0.29, 0.717) is 6.61 Å². The minimum absolute atomic E-state index is 0.716. The summed E-state index contributed by atoms with van der Waals surface area (Å²) in [6.45, 7) is 2.17. The Morgan fingerprint density at radius 3 is 2.80 bits per heavy atom. The van der Waals surface area contributed by atoms with Crippen LogP contribution in [-0.4, -0.2) is 13.2 Å². The van der Waals surface area contributed by atoms with E-state index in [-0.39, 0.29) is 0 Å². The number of anilines is 1. The van der Waals surface area contributed by atoms with E-state index in [4.69, 9.17) is 9.47 Å². The Hall–Kier alpha value is -1.43. The second-order valence-corrected chi connectivity index (χ2v) is 5.90. The van der Waals surface area contributed by atoms with E-state index < -0.39 is 0 Å². The Kier molecular flexibility index (Phi) is 4.30. The van der Waals surface area contributed by atoms with Crippen molar-refractivity contribution in [1.29, 1.82) is 0 Å². The van der Waals surface area contributed by atoms with Gasteiger partial charge in [-0.3, -0.25) is 0 Å². The maximum atomic E-state index is 5.83. The summed E-state index contributed by atoms with van der Waals surface area (Å²) in [5.41, 5.74) is 2.24. The molecule has 0 amide bonds. The Balaban J connectivity index is 1.77. The first-order valence-electron chi connectivity index (χ1n) is 6.70. The molecule has 0 spiro atoms. The number of para-hydroxylation sites is 1. The minimum atomic E-state index is 0.716. The molecule has 0 saturated carbocycles. The summed E-state index contributed by atoms with van der Waals surface area (Å²) in [4.78, 5) is 0. The van der Waals surface area contributed by atoms with Crippen LogP contribution in [0.5, 0.6) is 11.5 Å². The van der Waals surface area contributed by atoms with Crippen LogP contribution in [0.2, 0.25) is 0 Å². The number of rotatable bonds is 3. The van der Waals surface area contributed by atoms with Crippen LogP contribution >= 0.6 is 22.6 Å². The van der Waals surface area contributed by atoms with E-state index in [1.54, 1.807) is 0 Å². The van der Waals surface area contributed by atoms with Gasteiger partial charge in [-0.25, -0.2) is 0 Å². The summed E-state index contributed by atoms with van der Waals surface area (Å²) in [5, 5.41) is 3.43. The fraction of sp³-hybridized carbons (Fsp3) is 0.250. The lowest BCUT2D eigenvalue weighted by atomic mass is 10.1. The van der Waals surface area contributed by atoms with Gasteiger partial charge in [-0.1, -0.05) is 18.2 Å². The highest BCUT2D eigenvalue weighted by molar-refractivity contribution is 14.1. The van der Waals surface area contributed by atoms with Crippen molar-refractivity contribution in [1.82, 2.24) is 0 Å². The molecule has 1 aliphatic rings. The lowest BCUT2D eigenvalue weighted by molar-refractivity contribution is 0.296. The van der Waals surface area contributed by atoms with E-state index in [0.717, 1.165) is 42.3 Å². The molecule has 0 bridgehead atoms. The molecule has 20 heavy (non-hydrogen) atoms. The van der Waals surface area contributed by atoms with Gasteiger partial charge in [-0.15, -0.1) is 0 Å². The van der Waals surface area contributed by atoms with Crippen LogP contribution in [0, 0.1) is 3.57 Å². The van der Waals surface area contributed by atoms with E-state index >= 15 is 0 Å². The van der Waals surface area contributed by atoms with Gasteiger partial charge in [0.1, 0.15) is 0 Å². The van der Waals surface area contributed by atoms with E-state index in [1.807, 2.05) is 12.1 Å². The summed E-state index contributed by atoms with van der Waals surface area (Å²) in [5.74, 6) is 1.73. The predicted molar refractivity (Wildman–Crippen MR) is 88.5 cm³/mol. The standard InChI is InChI=1S/C16H16INO2/c17-13-5-2-6-14(10-13)18-11-12-4-1-7-15-16(12)20-9-3-8-19-15/h1-2,4-7,10,18H,3,8-9,11H2. The molecule has 3 nitrogen and oxygen atoms in total. The van der Waals surface area contributed by atoms with Crippen LogP contribution in [0.25, 0.3) is 0 Å². The van der Waals surface area contributed by atoms with Crippen LogP contribution in [0.15, 0.2) is 42.5 Å². The Bertz CT molecular complexity index is 601. The molecule has 0 fully saturated rings. The predicted octanol–water partition coefficient (Wildman–Crippen LogP) is 4.06. The first-order valence-corrected chi connectivity index (χ1v) is 7.78. The van der Waals surface area contributed by atoms with Crippen LogP contribution in [-0.2, 0) is 6.54 Å². The summed E-state index contributed by atoms with van der Waals surface area (Å²) >= 11 is 2.31. The lowest BCUT2D eigenvalue weighted by Gasteiger charge is -2.13. The van der Waals surface area contributed by atoms with Crippen LogP contribution in [0.1, 0.15) is 12.0 Å². The third kappa shape index (κ3) is 3.17. The highest BCUT2D eigenvalue weighted by Gasteiger charge is 2.14. The molecule has 2 aromatic rings. The van der Waals surface area contributed by atoms with Gasteiger partial charge in [0.05, 0.1) is 13.2 Å². The highest BCUT2D eigenvalue weighted by Crippen LogP contribution is 2.33. The van der Waals surface area contributed by atoms with Crippen molar-refractivity contribution in [2.24, 2.45) is 0 Å². The third-order valence-electron chi connectivity index (χ3n) is 3.16. The van der Waals surface area contributed by atoms with Gasteiger partial charge >= 0.3 is 0 Å². The lowest BCUT2D eigenvalue weighted by Crippen LogP contribution is -2.03. The first-order chi connectivity index (χ1) is 9.83. The molecule has 104 valence electrons. The SMILES string of the molecule is Ic1cccc(NCc2cccc3c2OCCCO3)c1. The van der Waals surface area contributed by atoms with Crippen LogP contribution in [0.3, 0.4) is 0 Å². The molecule has 4 heteroatoms. The minimum Gasteiger partial charge on any atom is -0.490 e. The zero-order chi connectivity index (χ0) is 13.8. The van der Waals surface area contributed by atoms with Gasteiger partial charge in [0.25, 0.3) is 0 Å². The molecule has 1 aliphatic heterocycles. The second-order valence-electron chi connectivity index (χ2n) is 4.66. The number of fused-ring (bicyclic) bond motifs is 1. The highest BCUT2D eigenvalue weighted by atomic mass is 127. The summed E-state index contributed by atoms with van der Waals surface area (Å²) in [6, 6.07) is 14.4. The summed E-state index contributed by atoms with van der Waals surface area (Å²) < 4.78 is 12.8. The third-order valence-corrected chi connectivity index (χ3v) is 3.83. The fourth-order valence-corrected chi connectivity index (χ4v) is 2.73. The summed E-state index contributed by atoms with van der Waals surface area (Å²) in [6.07, 6.45) is 0.929. The zero-order valence-electron chi connectivity index (χ0n) is 11.1. The molecular weight excluding hydrogens is 365 g/mol. The van der Waals surface area contributed by atoms with Crippen molar-refractivity contribution in [3.05, 3.63) is 51.6 Å². The largest absolute Gasteiger partial charge is 0.490 e. The fourth-order valence-electron chi connectivity index (χ4n) is 2.19. The first kappa shape index (κ1) is 13.5. The van der Waals surface area contributed by atoms with Crippen molar-refractivity contribution in [3.8, 4) is 11.5 Å². The molecule has 0 unspecified atom stereocenters. The number of hydrogen-bond donors (Lipinski definition) is 1. The Morgan fingerprint density at radius 2 is 1.90 bits per heavy atom. The van der Waals surface area contributed by atoms with Gasteiger partial charge in [0.2, 0.25) is 0 Å². The van der Waals surface area contributed by atoms with Gasteiger partial charge in [-0.2, -0.15) is 0 Å². The number of benzene rings is 2. The molecule has 2 aromatic carbocycles. The number of nitrogens with one attached hydrogen (secondary N) is 1. The van der Waals surface area contributed by atoms with Gasteiger partial charge in [0, 0.05) is 27.8 Å². The van der Waals surface area contributed by atoms with Crippen LogP contribution in [0.4, 0.5) is 5.69 Å². The molecule has 3 rings (SSSR count). The monoisotopic (exact) mass is 381 g/mol. The van der Waals surface area contributed by atoms with Crippen molar-refractivity contribution in [2.45, 2.75) is 13.0 Å². The van der Waals surface area contributed by atoms with Gasteiger partial charge in [-0.05, 0) is 46.9 Å². The van der Waals surface area contributed by atoms with Gasteiger partial charge < -0.3 is 14.8 Å². The average molecular weight is 381 g/mol. The van der Waals surface area contributed by atoms with Crippen molar-refractivity contribution in [3.63, 3.8) is 0 Å². The van der Waals surface area contributed by atoms with Crippen molar-refractivity contribution < 1.29 is 9.47 Å². The van der Waals surface area contributed by atoms with Gasteiger partial charge in [0.15, 0.2) is 11.5 Å². The molecule has 1 N–H and O–H groups in total. The van der Waals surface area contributed by atoms with Crippen LogP contribution < -0.4 is 14.8 Å². The normalized spacial score (nSPS) is 13.7. The second kappa shape index (κ2) is 6.35. The summed E-state index contributed by atoms with van der Waals surface area (Å²) in [7, 11) is 0. The van der Waals surface area contributed by atoms with E-state index in [2.05, 4.69) is 58.2 Å². The number of ether oxygens (including phenoxy) is 2. The average Bonchev–Trinajstić information content (AvgIpc) is 2.71. The molecule has 0 aromatic heterocycles. The smallest absolute Gasteiger partial charge is 0.166 e. The molecule has 1 heterocycles. The molecule has 0 saturated heterocycles. The molecule has 0 atom stereocenters. The van der Waals surface area contributed by atoms with Crippen molar-refractivity contribution in [2.75, 3.05) is 18.5 Å². The zero-order valence-corrected chi connectivity index (χ0v) is 13.2. The van der Waals surface area contributed by atoms with Crippen molar-refractivity contribution >= 4 is 28.3 Å². The molecule has 0 aliphatic carbocycles. The molecule has 0 radical (unpaired) electrons. The number of hydrogen-bond acceptors (Lipinski definition) is 3. The van der Waals surface area contributed by atoms with E-state index in [1.165, 1.54) is 3.57 Å². The number of halogens is 1. The maximum absolute atomic E-state index is 5.83. The maximum Gasteiger partial charge on any atom is 0.166 e. The quantitative estimate of drug-likeness (QED) is 0.814. The Labute approximate surface area is 132 Å². The Morgan fingerprint density at radius 1 is 1.05 bits per heavy atom. The topological polar surface area (TPSA) is 30.5 Å².